The SMILES string of the molecule is Cc1nc(Cc2ccc(F)cc2)nc(N2CCc3ccccc3C2)c1C.Cl. The second kappa shape index (κ2) is 8.05. The molecule has 3 nitrogen and oxygen atoms in total. The van der Waals surface area contributed by atoms with Crippen molar-refractivity contribution < 1.29 is 4.39 Å². The second-order valence-corrected chi connectivity index (χ2v) is 6.92. The van der Waals surface area contributed by atoms with Crippen LogP contribution in [0.2, 0.25) is 0 Å². The predicted molar refractivity (Wildman–Crippen MR) is 109 cm³/mol. The molecule has 2 aromatic carbocycles. The summed E-state index contributed by atoms with van der Waals surface area (Å²) >= 11 is 0. The molecule has 2 heterocycles. The van der Waals surface area contributed by atoms with Crippen molar-refractivity contribution in [3.63, 3.8) is 0 Å². The third-order valence-electron chi connectivity index (χ3n) is 5.12. The lowest BCUT2D eigenvalue weighted by Crippen LogP contribution is -2.32. The first kappa shape index (κ1) is 19.3. The highest BCUT2D eigenvalue weighted by atomic mass is 35.5. The summed E-state index contributed by atoms with van der Waals surface area (Å²) in [4.78, 5) is 11.9. The van der Waals surface area contributed by atoms with Crippen LogP contribution in [0, 0.1) is 19.7 Å². The molecular formula is C22H23ClFN3. The Kier molecular flexibility index (Phi) is 5.76. The summed E-state index contributed by atoms with van der Waals surface area (Å²) in [5.41, 5.74) is 5.95. The molecule has 0 unspecified atom stereocenters. The van der Waals surface area contributed by atoms with E-state index in [0.717, 1.165) is 48.0 Å². The van der Waals surface area contributed by atoms with Crippen LogP contribution in [0.3, 0.4) is 0 Å². The molecular weight excluding hydrogens is 361 g/mol. The van der Waals surface area contributed by atoms with Crippen molar-refractivity contribution in [2.75, 3.05) is 11.4 Å². The Labute approximate surface area is 165 Å². The second-order valence-electron chi connectivity index (χ2n) is 6.92. The molecule has 0 saturated carbocycles. The molecule has 0 bridgehead atoms. The zero-order chi connectivity index (χ0) is 18.1. The molecule has 0 saturated heterocycles. The Morgan fingerprint density at radius 2 is 1.67 bits per heavy atom. The number of rotatable bonds is 3. The van der Waals surface area contributed by atoms with Gasteiger partial charge in [0.05, 0.1) is 0 Å². The van der Waals surface area contributed by atoms with E-state index in [1.807, 2.05) is 6.92 Å². The van der Waals surface area contributed by atoms with Crippen LogP contribution in [-0.4, -0.2) is 16.5 Å². The highest BCUT2D eigenvalue weighted by molar-refractivity contribution is 5.85. The number of benzene rings is 2. The maximum absolute atomic E-state index is 13.1. The number of hydrogen-bond donors (Lipinski definition) is 0. The molecule has 0 fully saturated rings. The summed E-state index contributed by atoms with van der Waals surface area (Å²) in [7, 11) is 0. The summed E-state index contributed by atoms with van der Waals surface area (Å²) in [6.07, 6.45) is 1.64. The zero-order valence-corrected chi connectivity index (χ0v) is 16.4. The molecule has 1 aromatic heterocycles. The lowest BCUT2D eigenvalue weighted by molar-refractivity contribution is 0.627. The Morgan fingerprint density at radius 3 is 2.41 bits per heavy atom. The number of fused-ring (bicyclic) bond motifs is 1. The van der Waals surface area contributed by atoms with Gasteiger partial charge in [-0.15, -0.1) is 12.4 Å². The topological polar surface area (TPSA) is 29.0 Å². The van der Waals surface area contributed by atoms with Crippen molar-refractivity contribution in [3.05, 3.63) is 88.1 Å². The minimum atomic E-state index is -0.220. The molecule has 3 aromatic rings. The summed E-state index contributed by atoms with van der Waals surface area (Å²) in [5.74, 6) is 1.58. The normalized spacial score (nSPS) is 13.1. The number of aromatic nitrogens is 2. The van der Waals surface area contributed by atoms with Gasteiger partial charge in [0.1, 0.15) is 17.5 Å². The van der Waals surface area contributed by atoms with Gasteiger partial charge in [0.2, 0.25) is 0 Å². The summed E-state index contributed by atoms with van der Waals surface area (Å²) in [6, 6.07) is 15.2. The van der Waals surface area contributed by atoms with E-state index in [1.165, 1.54) is 23.3 Å². The summed E-state index contributed by atoms with van der Waals surface area (Å²) in [5, 5.41) is 0. The van der Waals surface area contributed by atoms with E-state index < -0.39 is 0 Å². The van der Waals surface area contributed by atoms with Crippen molar-refractivity contribution in [2.24, 2.45) is 0 Å². The maximum Gasteiger partial charge on any atom is 0.135 e. The highest BCUT2D eigenvalue weighted by Gasteiger charge is 2.20. The number of nitrogens with zero attached hydrogens (tertiary/aromatic N) is 3. The molecule has 1 aliphatic rings. The van der Waals surface area contributed by atoms with Gasteiger partial charge in [-0.25, -0.2) is 14.4 Å². The Morgan fingerprint density at radius 1 is 0.963 bits per heavy atom. The standard InChI is InChI=1S/C22H22FN3.ClH/c1-15-16(2)24-21(13-17-7-9-20(23)10-8-17)25-22(15)26-12-11-18-5-3-4-6-19(18)14-26;/h3-10H,11-14H2,1-2H3;1H. The van der Waals surface area contributed by atoms with Gasteiger partial charge < -0.3 is 4.90 Å². The quantitative estimate of drug-likeness (QED) is 0.650. The fourth-order valence-electron chi connectivity index (χ4n) is 3.52. The van der Waals surface area contributed by atoms with E-state index >= 15 is 0 Å². The lowest BCUT2D eigenvalue weighted by atomic mass is 9.99. The van der Waals surface area contributed by atoms with Gasteiger partial charge in [0, 0.05) is 30.8 Å². The first-order valence-electron chi connectivity index (χ1n) is 9.00. The summed E-state index contributed by atoms with van der Waals surface area (Å²) in [6.45, 7) is 5.97. The van der Waals surface area contributed by atoms with Crippen LogP contribution in [0.25, 0.3) is 0 Å². The molecule has 0 amide bonds. The third-order valence-corrected chi connectivity index (χ3v) is 5.12. The smallest absolute Gasteiger partial charge is 0.135 e. The van der Waals surface area contributed by atoms with Crippen molar-refractivity contribution in [1.82, 2.24) is 9.97 Å². The largest absolute Gasteiger partial charge is 0.352 e. The molecule has 27 heavy (non-hydrogen) atoms. The fraction of sp³-hybridized carbons (Fsp3) is 0.273. The van der Waals surface area contributed by atoms with Crippen LogP contribution in [0.5, 0.6) is 0 Å². The molecule has 0 radical (unpaired) electrons. The lowest BCUT2D eigenvalue weighted by Gasteiger charge is -2.31. The van der Waals surface area contributed by atoms with Gasteiger partial charge in [-0.1, -0.05) is 36.4 Å². The molecule has 140 valence electrons. The van der Waals surface area contributed by atoms with Crippen LogP contribution in [-0.2, 0) is 19.4 Å². The van der Waals surface area contributed by atoms with Crippen molar-refractivity contribution in [3.8, 4) is 0 Å². The monoisotopic (exact) mass is 383 g/mol. The van der Waals surface area contributed by atoms with E-state index in [1.54, 1.807) is 12.1 Å². The van der Waals surface area contributed by atoms with E-state index in [9.17, 15) is 4.39 Å². The van der Waals surface area contributed by atoms with Gasteiger partial charge in [0.15, 0.2) is 0 Å². The Bertz CT molecular complexity index is 941. The molecule has 1 aliphatic heterocycles. The number of halogens is 2. The van der Waals surface area contributed by atoms with Crippen LogP contribution < -0.4 is 4.90 Å². The number of anilines is 1. The highest BCUT2D eigenvalue weighted by Crippen LogP contribution is 2.27. The van der Waals surface area contributed by atoms with E-state index in [4.69, 9.17) is 4.98 Å². The van der Waals surface area contributed by atoms with Crippen molar-refractivity contribution >= 4 is 18.2 Å². The van der Waals surface area contributed by atoms with Gasteiger partial charge in [0.25, 0.3) is 0 Å². The van der Waals surface area contributed by atoms with Gasteiger partial charge in [-0.05, 0) is 49.1 Å². The minimum Gasteiger partial charge on any atom is -0.352 e. The predicted octanol–water partition coefficient (Wildman–Crippen LogP) is 4.81. The fourth-order valence-corrected chi connectivity index (χ4v) is 3.52. The van der Waals surface area contributed by atoms with Crippen LogP contribution in [0.15, 0.2) is 48.5 Å². The average Bonchev–Trinajstić information content (AvgIpc) is 2.66. The molecule has 0 N–H and O–H groups in total. The molecule has 0 atom stereocenters. The molecule has 4 rings (SSSR count). The molecule has 0 aliphatic carbocycles. The van der Waals surface area contributed by atoms with E-state index in [0.29, 0.717) is 6.42 Å². The first-order chi connectivity index (χ1) is 12.6. The zero-order valence-electron chi connectivity index (χ0n) is 15.6. The number of aryl methyl sites for hydroxylation is 1. The van der Waals surface area contributed by atoms with Gasteiger partial charge >= 0.3 is 0 Å². The third kappa shape index (κ3) is 4.11. The van der Waals surface area contributed by atoms with E-state index in [-0.39, 0.29) is 18.2 Å². The Hall–Kier alpha value is -2.46. The average molecular weight is 384 g/mol. The minimum absolute atomic E-state index is 0. The van der Waals surface area contributed by atoms with Crippen LogP contribution >= 0.6 is 12.4 Å². The first-order valence-corrected chi connectivity index (χ1v) is 9.00. The Balaban J connectivity index is 0.00000210. The van der Waals surface area contributed by atoms with E-state index in [2.05, 4.69) is 41.1 Å². The maximum atomic E-state index is 13.1. The molecule has 0 spiro atoms. The van der Waals surface area contributed by atoms with Crippen LogP contribution in [0.4, 0.5) is 10.2 Å². The summed E-state index contributed by atoms with van der Waals surface area (Å²) < 4.78 is 13.1. The number of hydrogen-bond acceptors (Lipinski definition) is 3. The van der Waals surface area contributed by atoms with Gasteiger partial charge in [-0.2, -0.15) is 0 Å². The van der Waals surface area contributed by atoms with Crippen LogP contribution in [0.1, 0.15) is 33.8 Å². The van der Waals surface area contributed by atoms with Gasteiger partial charge in [-0.3, -0.25) is 0 Å². The van der Waals surface area contributed by atoms with Crippen molar-refractivity contribution in [1.29, 1.82) is 0 Å². The molecule has 5 heteroatoms. The van der Waals surface area contributed by atoms with Crippen molar-refractivity contribution in [2.45, 2.75) is 33.2 Å².